The van der Waals surface area contributed by atoms with Crippen molar-refractivity contribution in [2.45, 2.75) is 189 Å². The van der Waals surface area contributed by atoms with Gasteiger partial charge >= 0.3 is 11.9 Å². The lowest BCUT2D eigenvalue weighted by molar-refractivity contribution is -0.165. The number of benzene rings is 3. The van der Waals surface area contributed by atoms with Gasteiger partial charge in [-0.2, -0.15) is 0 Å². The number of hydrogen-bond acceptors (Lipinski definition) is 10. The summed E-state index contributed by atoms with van der Waals surface area (Å²) in [4.78, 5) is 26.8. The van der Waals surface area contributed by atoms with Crippen molar-refractivity contribution >= 4 is 11.9 Å². The van der Waals surface area contributed by atoms with Crippen molar-refractivity contribution in [1.82, 2.24) is 0 Å². The quantitative estimate of drug-likeness (QED) is 0.0551. The minimum Gasteiger partial charge on any atom is -0.507 e. The second kappa shape index (κ2) is 21.5. The maximum atomic E-state index is 13.4. The summed E-state index contributed by atoms with van der Waals surface area (Å²) in [6.45, 7) is 36.0. The van der Waals surface area contributed by atoms with Crippen LogP contribution in [0.4, 0.5) is 0 Å². The number of aromatic hydroxyl groups is 3. The predicted molar refractivity (Wildman–Crippen MR) is 265 cm³/mol. The Labute approximate surface area is 397 Å². The van der Waals surface area contributed by atoms with Gasteiger partial charge in [-0.25, -0.2) is 0 Å². The van der Waals surface area contributed by atoms with Gasteiger partial charge in [0.05, 0.1) is 25.2 Å². The molecule has 10 nitrogen and oxygen atoms in total. The number of carbonyl (C=O) groups is 2. The van der Waals surface area contributed by atoms with E-state index in [0.29, 0.717) is 31.6 Å². The summed E-state index contributed by atoms with van der Waals surface area (Å²) < 4.78 is 23.5. The van der Waals surface area contributed by atoms with Crippen LogP contribution in [0, 0.1) is 5.41 Å². The van der Waals surface area contributed by atoms with Crippen LogP contribution < -0.4 is 0 Å². The molecule has 0 aliphatic heterocycles. The fraction of sp³-hybridized carbons (Fsp3) is 0.643. The van der Waals surface area contributed by atoms with Crippen LogP contribution in [0.2, 0.25) is 0 Å². The van der Waals surface area contributed by atoms with E-state index in [1.165, 1.54) is 0 Å². The fourth-order valence-corrected chi connectivity index (χ4v) is 7.88. The maximum Gasteiger partial charge on any atom is 0.306 e. The molecule has 0 bridgehead atoms. The van der Waals surface area contributed by atoms with Crippen LogP contribution in [-0.2, 0) is 80.3 Å². The first-order chi connectivity index (χ1) is 30.0. The average Bonchev–Trinajstić information content (AvgIpc) is 3.16. The molecule has 370 valence electrons. The van der Waals surface area contributed by atoms with Gasteiger partial charge in [0.1, 0.15) is 37.3 Å². The molecule has 0 saturated carbocycles. The number of aliphatic hydroxyl groups is 1. The van der Waals surface area contributed by atoms with Gasteiger partial charge in [0, 0.05) is 12.8 Å². The lowest BCUT2D eigenvalue weighted by Gasteiger charge is -2.30. The van der Waals surface area contributed by atoms with Gasteiger partial charge in [0.25, 0.3) is 0 Å². The molecule has 66 heavy (non-hydrogen) atoms. The topological polar surface area (TPSA) is 152 Å². The van der Waals surface area contributed by atoms with Crippen LogP contribution in [0.15, 0.2) is 36.4 Å². The summed E-state index contributed by atoms with van der Waals surface area (Å²) in [5.41, 5.74) is 4.68. The van der Waals surface area contributed by atoms with Crippen molar-refractivity contribution in [1.29, 1.82) is 0 Å². The van der Waals surface area contributed by atoms with E-state index in [1.807, 2.05) is 119 Å². The zero-order chi connectivity index (χ0) is 50.4. The Balaban J connectivity index is 1.78. The minimum atomic E-state index is -1.29. The van der Waals surface area contributed by atoms with Crippen molar-refractivity contribution in [3.63, 3.8) is 0 Å². The average molecular weight is 919 g/mol. The highest BCUT2D eigenvalue weighted by atomic mass is 16.7. The summed E-state index contributed by atoms with van der Waals surface area (Å²) in [6, 6.07) is 11.8. The largest absolute Gasteiger partial charge is 0.507 e. The lowest BCUT2D eigenvalue weighted by atomic mass is 9.78. The van der Waals surface area contributed by atoms with E-state index >= 15 is 0 Å². The van der Waals surface area contributed by atoms with Crippen LogP contribution in [0.1, 0.15) is 188 Å². The van der Waals surface area contributed by atoms with E-state index in [1.54, 1.807) is 0 Å². The Morgan fingerprint density at radius 1 is 0.424 bits per heavy atom. The number of hydrogen-bond donors (Lipinski definition) is 4. The lowest BCUT2D eigenvalue weighted by Crippen LogP contribution is -2.42. The first kappa shape index (κ1) is 56.2. The van der Waals surface area contributed by atoms with E-state index in [0.717, 1.165) is 50.1 Å². The third kappa shape index (κ3) is 15.7. The molecule has 0 spiro atoms. The van der Waals surface area contributed by atoms with Gasteiger partial charge in [-0.05, 0) is 102 Å². The van der Waals surface area contributed by atoms with Crippen LogP contribution in [0.5, 0.6) is 17.2 Å². The molecule has 10 heteroatoms. The van der Waals surface area contributed by atoms with Crippen molar-refractivity contribution in [2.75, 3.05) is 39.8 Å². The van der Waals surface area contributed by atoms with E-state index in [-0.39, 0.29) is 83.4 Å². The molecule has 0 aromatic heterocycles. The Morgan fingerprint density at radius 3 is 0.955 bits per heavy atom. The first-order valence-electron chi connectivity index (χ1n) is 23.7. The Morgan fingerprint density at radius 2 is 0.697 bits per heavy atom. The molecule has 0 aliphatic carbocycles. The molecule has 0 unspecified atom stereocenters. The number of phenols is 3. The number of aliphatic hydroxyl groups excluding tert-OH is 1. The molecule has 0 heterocycles. The molecule has 0 atom stereocenters. The number of ether oxygens (including phenoxy) is 4. The summed E-state index contributed by atoms with van der Waals surface area (Å²) >= 11 is 0. The number of carbonyl (C=O) groups excluding carboxylic acids is 2. The highest BCUT2D eigenvalue weighted by molar-refractivity contribution is 5.70. The van der Waals surface area contributed by atoms with Gasteiger partial charge < -0.3 is 39.4 Å². The molecule has 3 rings (SSSR count). The van der Waals surface area contributed by atoms with Gasteiger partial charge in [0.2, 0.25) is 0 Å². The molecule has 0 fully saturated rings. The van der Waals surface area contributed by atoms with Gasteiger partial charge in [0.15, 0.2) is 0 Å². The van der Waals surface area contributed by atoms with Crippen molar-refractivity contribution in [3.8, 4) is 17.2 Å². The standard InChI is InChI=1S/C56H86O10/c1-50(2,3)39-25-36(26-40(47(39)60)51(4,5)6)19-21-45(58)65-33-56(31-57,32-64-35-63-24-23-38-29-43(54(13,14)15)49(62)44(30-38)55(16,17)18)34-66-46(59)22-20-37-27-41(52(7,8)9)48(61)42(28-37)53(10,11)12/h25-30,57,60-62H,19-24,31-35H2,1-18H3. The van der Waals surface area contributed by atoms with Gasteiger partial charge in [-0.1, -0.05) is 161 Å². The van der Waals surface area contributed by atoms with E-state index in [2.05, 4.69) is 41.5 Å². The van der Waals surface area contributed by atoms with E-state index in [4.69, 9.17) is 18.9 Å². The second-order valence-corrected chi connectivity index (χ2v) is 24.7. The van der Waals surface area contributed by atoms with E-state index in [9.17, 15) is 30.0 Å². The highest BCUT2D eigenvalue weighted by Gasteiger charge is 2.35. The SMILES string of the molecule is CC(C)(C)c1cc(CCOCOCC(CO)(COC(=O)CCc2cc(C(C)(C)C)c(O)c(C(C)(C)C)c2)COC(=O)CCc2cc(C(C)(C)C)c(O)c(C(C)(C)C)c2)cc(C(C)(C)C)c1O. The fourth-order valence-electron chi connectivity index (χ4n) is 7.88. The molecule has 0 aliphatic rings. The summed E-state index contributed by atoms with van der Waals surface area (Å²) in [7, 11) is 0. The zero-order valence-corrected chi connectivity index (χ0v) is 44.0. The molecular weight excluding hydrogens is 833 g/mol. The van der Waals surface area contributed by atoms with Crippen LogP contribution in [0.3, 0.4) is 0 Å². The molecule has 0 amide bonds. The zero-order valence-electron chi connectivity index (χ0n) is 44.0. The number of phenolic OH excluding ortho intramolecular Hbond substituents is 3. The van der Waals surface area contributed by atoms with Crippen LogP contribution in [0.25, 0.3) is 0 Å². The molecular formula is C56H86O10. The third-order valence-corrected chi connectivity index (χ3v) is 12.1. The smallest absolute Gasteiger partial charge is 0.306 e. The normalized spacial score (nSPS) is 13.3. The number of esters is 2. The highest BCUT2D eigenvalue weighted by Crippen LogP contribution is 2.43. The van der Waals surface area contributed by atoms with Gasteiger partial charge in [-0.3, -0.25) is 9.59 Å². The molecule has 0 radical (unpaired) electrons. The number of rotatable bonds is 18. The first-order valence-corrected chi connectivity index (χ1v) is 23.7. The summed E-state index contributed by atoms with van der Waals surface area (Å²) in [5, 5.41) is 44.4. The minimum absolute atomic E-state index is 0.0497. The molecule has 0 saturated heterocycles. The predicted octanol–water partition coefficient (Wildman–Crippen LogP) is 11.5. The molecule has 3 aromatic carbocycles. The monoisotopic (exact) mass is 919 g/mol. The summed E-state index contributed by atoms with van der Waals surface area (Å²) in [5.74, 6) is -0.130. The molecule has 4 N–H and O–H groups in total. The van der Waals surface area contributed by atoms with Gasteiger partial charge in [-0.15, -0.1) is 0 Å². The van der Waals surface area contributed by atoms with Crippen molar-refractivity contribution < 1.29 is 49.0 Å². The molecule has 3 aromatic rings. The van der Waals surface area contributed by atoms with Crippen molar-refractivity contribution in [2.24, 2.45) is 5.41 Å². The van der Waals surface area contributed by atoms with Crippen LogP contribution >= 0.6 is 0 Å². The van der Waals surface area contributed by atoms with E-state index < -0.39 is 24.0 Å². The Bertz CT molecular complexity index is 1920. The number of aryl methyl sites for hydroxylation is 2. The Kier molecular flexibility index (Phi) is 18.3. The van der Waals surface area contributed by atoms with Crippen molar-refractivity contribution in [3.05, 3.63) is 86.5 Å². The third-order valence-electron chi connectivity index (χ3n) is 12.1. The van der Waals surface area contributed by atoms with Crippen LogP contribution in [-0.4, -0.2) is 72.2 Å². The summed E-state index contributed by atoms with van der Waals surface area (Å²) in [6.07, 6.45) is 1.41. The maximum absolute atomic E-state index is 13.4. The Hall–Kier alpha value is -4.12. The second-order valence-electron chi connectivity index (χ2n) is 24.7.